The summed E-state index contributed by atoms with van der Waals surface area (Å²) in [5.74, 6) is 0.00164. The Morgan fingerprint density at radius 3 is 2.74 bits per heavy atom. The number of halogens is 1. The average molecular weight is 328 g/mol. The molecule has 0 saturated carbocycles. The van der Waals surface area contributed by atoms with Gasteiger partial charge in [-0.1, -0.05) is 29.8 Å². The Morgan fingerprint density at radius 1 is 1.17 bits per heavy atom. The Labute approximate surface area is 138 Å². The average Bonchev–Trinajstić information content (AvgIpc) is 2.54. The normalized spacial score (nSPS) is 10.6. The van der Waals surface area contributed by atoms with E-state index in [0.717, 1.165) is 16.6 Å². The first-order valence-electron chi connectivity index (χ1n) is 6.96. The van der Waals surface area contributed by atoms with E-state index in [2.05, 4.69) is 15.3 Å². The van der Waals surface area contributed by atoms with Crippen molar-refractivity contribution in [3.63, 3.8) is 0 Å². The minimum absolute atomic E-state index is 0.199. The topological polar surface area (TPSA) is 64.1 Å². The van der Waals surface area contributed by atoms with E-state index in [0.29, 0.717) is 17.1 Å². The van der Waals surface area contributed by atoms with Crippen molar-refractivity contribution < 1.29 is 9.53 Å². The van der Waals surface area contributed by atoms with Gasteiger partial charge in [0.2, 0.25) is 5.88 Å². The summed E-state index contributed by atoms with van der Waals surface area (Å²) >= 11 is 5.91. The van der Waals surface area contributed by atoms with Crippen molar-refractivity contribution in [3.05, 3.63) is 58.9 Å². The number of ether oxygens (including phenoxy) is 1. The van der Waals surface area contributed by atoms with E-state index in [1.807, 2.05) is 37.3 Å². The standard InChI is InChI=1S/C17H14ClN3O2/c1-10-7-14(12-5-3-4-6-13(12)19-10)20-17(22)11-8-15(18)21-16(9-11)23-2/h3-9H,1-2H3,(H,19,20,22). The maximum Gasteiger partial charge on any atom is 0.255 e. The van der Waals surface area contributed by atoms with Crippen LogP contribution in [-0.2, 0) is 0 Å². The predicted molar refractivity (Wildman–Crippen MR) is 90.2 cm³/mol. The third-order valence-electron chi connectivity index (χ3n) is 3.33. The van der Waals surface area contributed by atoms with E-state index >= 15 is 0 Å². The molecule has 6 heteroatoms. The molecular formula is C17H14ClN3O2. The van der Waals surface area contributed by atoms with Crippen molar-refractivity contribution in [1.82, 2.24) is 9.97 Å². The molecule has 0 radical (unpaired) electrons. The number of pyridine rings is 2. The highest BCUT2D eigenvalue weighted by Gasteiger charge is 2.12. The van der Waals surface area contributed by atoms with Crippen LogP contribution in [0.15, 0.2) is 42.5 Å². The van der Waals surface area contributed by atoms with Crippen LogP contribution < -0.4 is 10.1 Å². The van der Waals surface area contributed by atoms with Crippen LogP contribution in [0.2, 0.25) is 5.15 Å². The van der Waals surface area contributed by atoms with Gasteiger partial charge < -0.3 is 10.1 Å². The van der Waals surface area contributed by atoms with E-state index in [9.17, 15) is 4.79 Å². The van der Waals surface area contributed by atoms with Crippen molar-refractivity contribution in [3.8, 4) is 5.88 Å². The van der Waals surface area contributed by atoms with E-state index in [1.54, 1.807) is 0 Å². The molecule has 0 saturated heterocycles. The van der Waals surface area contributed by atoms with Crippen LogP contribution in [0, 0.1) is 6.92 Å². The van der Waals surface area contributed by atoms with Crippen LogP contribution in [0.25, 0.3) is 10.9 Å². The van der Waals surface area contributed by atoms with Gasteiger partial charge in [0.05, 0.1) is 18.3 Å². The molecule has 2 aromatic heterocycles. The van der Waals surface area contributed by atoms with E-state index in [1.165, 1.54) is 19.2 Å². The van der Waals surface area contributed by atoms with Gasteiger partial charge in [-0.3, -0.25) is 9.78 Å². The molecule has 2 heterocycles. The summed E-state index contributed by atoms with van der Waals surface area (Å²) in [4.78, 5) is 20.9. The number of rotatable bonds is 3. The summed E-state index contributed by atoms with van der Waals surface area (Å²) in [6.45, 7) is 1.88. The van der Waals surface area contributed by atoms with Crippen molar-refractivity contribution in [2.75, 3.05) is 12.4 Å². The number of methoxy groups -OCH3 is 1. The molecule has 1 amide bonds. The molecule has 3 aromatic rings. The minimum Gasteiger partial charge on any atom is -0.481 e. The number of hydrogen-bond donors (Lipinski definition) is 1. The molecule has 0 aliphatic heterocycles. The van der Waals surface area contributed by atoms with E-state index in [-0.39, 0.29) is 11.1 Å². The smallest absolute Gasteiger partial charge is 0.255 e. The van der Waals surface area contributed by atoms with Gasteiger partial charge in [0.25, 0.3) is 5.91 Å². The Hall–Kier alpha value is -2.66. The predicted octanol–water partition coefficient (Wildman–Crippen LogP) is 3.85. The lowest BCUT2D eigenvalue weighted by atomic mass is 10.1. The molecule has 0 bridgehead atoms. The molecule has 0 atom stereocenters. The number of nitrogens with zero attached hydrogens (tertiary/aromatic N) is 2. The second-order valence-corrected chi connectivity index (χ2v) is 5.39. The zero-order valence-corrected chi connectivity index (χ0v) is 13.4. The Morgan fingerprint density at radius 2 is 1.96 bits per heavy atom. The highest BCUT2D eigenvalue weighted by atomic mass is 35.5. The van der Waals surface area contributed by atoms with Crippen molar-refractivity contribution in [2.45, 2.75) is 6.92 Å². The fourth-order valence-corrected chi connectivity index (χ4v) is 2.52. The summed E-state index contributed by atoms with van der Waals surface area (Å²) in [7, 11) is 1.47. The van der Waals surface area contributed by atoms with Crippen LogP contribution in [0.4, 0.5) is 5.69 Å². The number of amides is 1. The third kappa shape index (κ3) is 3.24. The van der Waals surface area contributed by atoms with Gasteiger partial charge in [-0.2, -0.15) is 0 Å². The molecule has 3 rings (SSSR count). The largest absolute Gasteiger partial charge is 0.481 e. The van der Waals surface area contributed by atoms with Gasteiger partial charge in [0.15, 0.2) is 0 Å². The van der Waals surface area contributed by atoms with Crippen LogP contribution in [0.5, 0.6) is 5.88 Å². The lowest BCUT2D eigenvalue weighted by Gasteiger charge is -2.10. The summed E-state index contributed by atoms with van der Waals surface area (Å²) < 4.78 is 5.04. The Balaban J connectivity index is 1.99. The number of para-hydroxylation sites is 1. The van der Waals surface area contributed by atoms with Crippen LogP contribution in [0.3, 0.4) is 0 Å². The summed E-state index contributed by atoms with van der Waals surface area (Å²) in [6, 6.07) is 12.5. The van der Waals surface area contributed by atoms with Gasteiger partial charge >= 0.3 is 0 Å². The fraction of sp³-hybridized carbons (Fsp3) is 0.118. The molecular weight excluding hydrogens is 314 g/mol. The second-order valence-electron chi connectivity index (χ2n) is 5.00. The maximum atomic E-state index is 12.5. The van der Waals surface area contributed by atoms with E-state index < -0.39 is 0 Å². The molecule has 0 aliphatic carbocycles. The molecule has 0 aliphatic rings. The number of hydrogen-bond acceptors (Lipinski definition) is 4. The number of benzene rings is 1. The first kappa shape index (κ1) is 15.2. The number of carbonyl (C=O) groups is 1. The van der Waals surface area contributed by atoms with Gasteiger partial charge in [-0.25, -0.2) is 4.98 Å². The molecule has 0 spiro atoms. The highest BCUT2D eigenvalue weighted by Crippen LogP contribution is 2.24. The SMILES string of the molecule is COc1cc(C(=O)Nc2cc(C)nc3ccccc23)cc(Cl)n1. The molecule has 1 N–H and O–H groups in total. The summed E-state index contributed by atoms with van der Waals surface area (Å²) in [5.41, 5.74) is 2.72. The molecule has 23 heavy (non-hydrogen) atoms. The Kier molecular flexibility index (Phi) is 4.12. The number of nitrogens with one attached hydrogen (secondary N) is 1. The van der Waals surface area contributed by atoms with Gasteiger partial charge in [0, 0.05) is 22.7 Å². The molecule has 0 unspecified atom stereocenters. The molecule has 1 aromatic carbocycles. The summed E-state index contributed by atoms with van der Waals surface area (Å²) in [5, 5.41) is 3.97. The number of aromatic nitrogens is 2. The van der Waals surface area contributed by atoms with Crippen molar-refractivity contribution >= 4 is 34.1 Å². The summed E-state index contributed by atoms with van der Waals surface area (Å²) in [6.07, 6.45) is 0. The fourth-order valence-electron chi connectivity index (χ4n) is 2.31. The van der Waals surface area contributed by atoms with Gasteiger partial charge in [-0.05, 0) is 25.1 Å². The number of carbonyl (C=O) groups excluding carboxylic acids is 1. The molecule has 5 nitrogen and oxygen atoms in total. The quantitative estimate of drug-likeness (QED) is 0.742. The van der Waals surface area contributed by atoms with Crippen LogP contribution in [-0.4, -0.2) is 23.0 Å². The molecule has 116 valence electrons. The first-order chi connectivity index (χ1) is 11.1. The highest BCUT2D eigenvalue weighted by molar-refractivity contribution is 6.30. The zero-order chi connectivity index (χ0) is 16.4. The first-order valence-corrected chi connectivity index (χ1v) is 7.34. The van der Waals surface area contributed by atoms with Crippen LogP contribution >= 0.6 is 11.6 Å². The van der Waals surface area contributed by atoms with E-state index in [4.69, 9.17) is 16.3 Å². The van der Waals surface area contributed by atoms with Gasteiger partial charge in [-0.15, -0.1) is 0 Å². The monoisotopic (exact) mass is 327 g/mol. The zero-order valence-electron chi connectivity index (χ0n) is 12.6. The van der Waals surface area contributed by atoms with Crippen LogP contribution in [0.1, 0.15) is 16.1 Å². The maximum absolute atomic E-state index is 12.5. The minimum atomic E-state index is -0.289. The lowest BCUT2D eigenvalue weighted by molar-refractivity contribution is 0.102. The van der Waals surface area contributed by atoms with Crippen molar-refractivity contribution in [2.24, 2.45) is 0 Å². The lowest BCUT2D eigenvalue weighted by Crippen LogP contribution is -2.13. The Bertz CT molecular complexity index is 896. The number of aryl methyl sites for hydroxylation is 1. The van der Waals surface area contributed by atoms with Gasteiger partial charge in [0.1, 0.15) is 5.15 Å². The third-order valence-corrected chi connectivity index (χ3v) is 3.53. The number of anilines is 1. The number of fused-ring (bicyclic) bond motifs is 1. The molecule has 0 fully saturated rings. The van der Waals surface area contributed by atoms with Crippen molar-refractivity contribution in [1.29, 1.82) is 0 Å². The second kappa shape index (κ2) is 6.22.